The van der Waals surface area contributed by atoms with Crippen molar-refractivity contribution in [2.45, 2.75) is 38.2 Å². The standard InChI is InChI=1S/C15H20OS/c1-14(2,3)15(4,16)11-10-12-8-6-7-9-13(12)17-5/h6-9,16H,1-5H3. The minimum Gasteiger partial charge on any atom is -0.377 e. The van der Waals surface area contributed by atoms with Gasteiger partial charge in [0.1, 0.15) is 5.60 Å². The van der Waals surface area contributed by atoms with Gasteiger partial charge in [0.2, 0.25) is 0 Å². The van der Waals surface area contributed by atoms with Gasteiger partial charge in [-0.05, 0) is 25.3 Å². The Balaban J connectivity index is 3.07. The van der Waals surface area contributed by atoms with Gasteiger partial charge >= 0.3 is 0 Å². The number of hydrogen-bond donors (Lipinski definition) is 1. The number of hydrogen-bond acceptors (Lipinski definition) is 2. The molecular formula is C15H20OS. The van der Waals surface area contributed by atoms with Crippen LogP contribution in [0.1, 0.15) is 33.3 Å². The van der Waals surface area contributed by atoms with E-state index >= 15 is 0 Å². The molecule has 0 aliphatic rings. The van der Waals surface area contributed by atoms with Crippen LogP contribution in [0.3, 0.4) is 0 Å². The van der Waals surface area contributed by atoms with Crippen molar-refractivity contribution < 1.29 is 5.11 Å². The maximum atomic E-state index is 10.3. The fourth-order valence-electron chi connectivity index (χ4n) is 1.12. The minimum absolute atomic E-state index is 0.256. The zero-order valence-corrected chi connectivity index (χ0v) is 12.0. The molecule has 1 aromatic carbocycles. The van der Waals surface area contributed by atoms with Crippen LogP contribution in [0.4, 0.5) is 0 Å². The van der Waals surface area contributed by atoms with Crippen molar-refractivity contribution in [3.63, 3.8) is 0 Å². The van der Waals surface area contributed by atoms with E-state index in [9.17, 15) is 5.11 Å². The Morgan fingerprint density at radius 3 is 2.24 bits per heavy atom. The Morgan fingerprint density at radius 1 is 1.12 bits per heavy atom. The number of thioether (sulfide) groups is 1. The van der Waals surface area contributed by atoms with Crippen LogP contribution < -0.4 is 0 Å². The van der Waals surface area contributed by atoms with Crippen LogP contribution in [0.25, 0.3) is 0 Å². The lowest BCUT2D eigenvalue weighted by molar-refractivity contribution is 0.0129. The molecule has 0 aliphatic carbocycles. The van der Waals surface area contributed by atoms with Crippen molar-refractivity contribution in [2.24, 2.45) is 5.41 Å². The van der Waals surface area contributed by atoms with Crippen molar-refractivity contribution in [2.75, 3.05) is 6.26 Å². The lowest BCUT2D eigenvalue weighted by Crippen LogP contribution is -2.38. The van der Waals surface area contributed by atoms with E-state index in [-0.39, 0.29) is 5.41 Å². The summed E-state index contributed by atoms with van der Waals surface area (Å²) in [6.45, 7) is 7.73. The van der Waals surface area contributed by atoms with Crippen LogP contribution in [0, 0.1) is 17.3 Å². The molecule has 0 aromatic heterocycles. The van der Waals surface area contributed by atoms with Crippen molar-refractivity contribution in [1.82, 2.24) is 0 Å². The average molecular weight is 248 g/mol. The highest BCUT2D eigenvalue weighted by atomic mass is 32.2. The van der Waals surface area contributed by atoms with Gasteiger partial charge in [-0.2, -0.15) is 0 Å². The van der Waals surface area contributed by atoms with Crippen LogP contribution in [0.5, 0.6) is 0 Å². The molecule has 1 unspecified atom stereocenters. The Bertz CT molecular complexity index is 444. The summed E-state index contributed by atoms with van der Waals surface area (Å²) < 4.78 is 0. The van der Waals surface area contributed by atoms with Gasteiger partial charge in [-0.15, -0.1) is 11.8 Å². The summed E-state index contributed by atoms with van der Waals surface area (Å²) in [6, 6.07) is 7.99. The molecule has 2 heteroatoms. The predicted molar refractivity (Wildman–Crippen MR) is 75.2 cm³/mol. The second kappa shape index (κ2) is 5.16. The summed E-state index contributed by atoms with van der Waals surface area (Å²) in [5.41, 5.74) is -0.267. The van der Waals surface area contributed by atoms with Gasteiger partial charge < -0.3 is 5.11 Å². The second-order valence-corrected chi connectivity index (χ2v) is 6.12. The molecule has 0 saturated heterocycles. The van der Waals surface area contributed by atoms with E-state index in [2.05, 4.69) is 11.8 Å². The number of benzene rings is 1. The zero-order chi connectivity index (χ0) is 13.1. The third-order valence-corrected chi connectivity index (χ3v) is 3.80. The zero-order valence-electron chi connectivity index (χ0n) is 11.2. The Morgan fingerprint density at radius 2 is 1.71 bits per heavy atom. The van der Waals surface area contributed by atoms with Gasteiger partial charge in [0.25, 0.3) is 0 Å². The van der Waals surface area contributed by atoms with Crippen LogP contribution in [0.15, 0.2) is 29.2 Å². The topological polar surface area (TPSA) is 20.2 Å². The third kappa shape index (κ3) is 3.52. The van der Waals surface area contributed by atoms with Gasteiger partial charge in [0.05, 0.1) is 0 Å². The molecule has 0 heterocycles. The van der Waals surface area contributed by atoms with E-state index in [1.54, 1.807) is 18.7 Å². The largest absolute Gasteiger partial charge is 0.377 e. The molecule has 1 nitrogen and oxygen atoms in total. The molecule has 1 aromatic rings. The van der Waals surface area contributed by atoms with Crippen LogP contribution in [0.2, 0.25) is 0 Å². The van der Waals surface area contributed by atoms with Crippen LogP contribution in [-0.4, -0.2) is 17.0 Å². The molecule has 92 valence electrons. The highest BCUT2D eigenvalue weighted by molar-refractivity contribution is 7.98. The first-order valence-corrected chi connectivity index (χ1v) is 6.89. The van der Waals surface area contributed by atoms with Crippen molar-refractivity contribution in [1.29, 1.82) is 0 Å². The Kier molecular flexibility index (Phi) is 4.30. The third-order valence-electron chi connectivity index (χ3n) is 3.01. The van der Waals surface area contributed by atoms with E-state index in [4.69, 9.17) is 0 Å². The summed E-state index contributed by atoms with van der Waals surface area (Å²) in [4.78, 5) is 1.14. The van der Waals surface area contributed by atoms with Gasteiger partial charge in [-0.25, -0.2) is 0 Å². The smallest absolute Gasteiger partial charge is 0.127 e. The first-order valence-electron chi connectivity index (χ1n) is 5.66. The first-order chi connectivity index (χ1) is 7.78. The maximum Gasteiger partial charge on any atom is 0.127 e. The first kappa shape index (κ1) is 14.2. The molecule has 0 aliphatic heterocycles. The van der Waals surface area contributed by atoms with Gasteiger partial charge in [-0.1, -0.05) is 44.7 Å². The maximum absolute atomic E-state index is 10.3. The van der Waals surface area contributed by atoms with Crippen LogP contribution >= 0.6 is 11.8 Å². The highest BCUT2D eigenvalue weighted by Gasteiger charge is 2.33. The van der Waals surface area contributed by atoms with Gasteiger partial charge in [0, 0.05) is 15.9 Å². The van der Waals surface area contributed by atoms with E-state index < -0.39 is 5.60 Å². The van der Waals surface area contributed by atoms with Crippen molar-refractivity contribution in [3.05, 3.63) is 29.8 Å². The quantitative estimate of drug-likeness (QED) is 0.606. The fraction of sp³-hybridized carbons (Fsp3) is 0.467. The van der Waals surface area contributed by atoms with E-state index in [1.165, 1.54) is 0 Å². The van der Waals surface area contributed by atoms with Gasteiger partial charge in [0.15, 0.2) is 0 Å². The monoisotopic (exact) mass is 248 g/mol. The van der Waals surface area contributed by atoms with E-state index in [1.807, 2.05) is 51.3 Å². The Hall–Kier alpha value is -0.910. The molecule has 1 N–H and O–H groups in total. The summed E-state index contributed by atoms with van der Waals surface area (Å²) in [7, 11) is 0. The van der Waals surface area contributed by atoms with E-state index in [0.717, 1.165) is 10.5 Å². The molecule has 0 bridgehead atoms. The SMILES string of the molecule is CSc1ccccc1C#CC(C)(O)C(C)(C)C. The lowest BCUT2D eigenvalue weighted by Gasteiger charge is -2.32. The molecular weight excluding hydrogens is 228 g/mol. The molecule has 0 saturated carbocycles. The predicted octanol–water partition coefficient (Wildman–Crippen LogP) is 3.56. The molecule has 0 amide bonds. The molecule has 0 fully saturated rings. The number of rotatable bonds is 1. The fourth-order valence-corrected chi connectivity index (χ4v) is 1.68. The summed E-state index contributed by atoms with van der Waals surface area (Å²) in [5, 5.41) is 10.3. The minimum atomic E-state index is -0.988. The Labute approximate surface area is 109 Å². The second-order valence-electron chi connectivity index (χ2n) is 5.27. The lowest BCUT2D eigenvalue weighted by atomic mass is 9.78. The summed E-state index contributed by atoms with van der Waals surface area (Å²) in [5.74, 6) is 6.07. The molecule has 0 radical (unpaired) electrons. The molecule has 1 rings (SSSR count). The van der Waals surface area contributed by atoms with E-state index in [0.29, 0.717) is 0 Å². The highest BCUT2D eigenvalue weighted by Crippen LogP contribution is 2.29. The summed E-state index contributed by atoms with van der Waals surface area (Å²) >= 11 is 1.67. The molecule has 0 spiro atoms. The van der Waals surface area contributed by atoms with Crippen molar-refractivity contribution in [3.8, 4) is 11.8 Å². The molecule has 1 atom stereocenters. The number of aliphatic hydroxyl groups is 1. The summed E-state index contributed by atoms with van der Waals surface area (Å²) in [6.07, 6.45) is 2.03. The average Bonchev–Trinajstić information content (AvgIpc) is 2.25. The normalized spacial score (nSPS) is 14.7. The van der Waals surface area contributed by atoms with Crippen LogP contribution in [-0.2, 0) is 0 Å². The van der Waals surface area contributed by atoms with Gasteiger partial charge in [-0.3, -0.25) is 0 Å². The van der Waals surface area contributed by atoms with Crippen molar-refractivity contribution >= 4 is 11.8 Å². The molecule has 17 heavy (non-hydrogen) atoms.